The van der Waals surface area contributed by atoms with Crippen molar-refractivity contribution in [1.29, 1.82) is 0 Å². The number of carbonyl (C=O) groups excluding carboxylic acids is 2. The summed E-state index contributed by atoms with van der Waals surface area (Å²) < 4.78 is 0. The Kier molecular flexibility index (Phi) is 4.87. The standard InChI is InChI=1S/C22H27N3O2/c1-24(2)20-12-6-10-18(20)23-22(27)16-13-21(26)25(14-16)19-11-5-8-15-7-3-4-9-17(15)19/h3-5,7-9,11,16,18,20H,6,10,12-14H2,1-2H3,(H,23,27)/t16?,18-,20-/m1/s1. The highest BCUT2D eigenvalue weighted by Crippen LogP contribution is 2.32. The average molecular weight is 365 g/mol. The molecular weight excluding hydrogens is 338 g/mol. The first-order chi connectivity index (χ1) is 13.0. The second kappa shape index (κ2) is 7.31. The van der Waals surface area contributed by atoms with Gasteiger partial charge in [-0.3, -0.25) is 9.59 Å². The number of amides is 2. The predicted octanol–water partition coefficient (Wildman–Crippen LogP) is 2.79. The first kappa shape index (κ1) is 18.0. The van der Waals surface area contributed by atoms with Crippen LogP contribution in [0.1, 0.15) is 25.7 Å². The van der Waals surface area contributed by atoms with Crippen LogP contribution in [0.3, 0.4) is 0 Å². The zero-order chi connectivity index (χ0) is 19.0. The van der Waals surface area contributed by atoms with Crippen LogP contribution in [0.2, 0.25) is 0 Å². The monoisotopic (exact) mass is 365 g/mol. The van der Waals surface area contributed by atoms with Gasteiger partial charge in [-0.05, 0) is 44.8 Å². The van der Waals surface area contributed by atoms with Gasteiger partial charge in [-0.2, -0.15) is 0 Å². The number of hydrogen-bond donors (Lipinski definition) is 1. The minimum atomic E-state index is -0.278. The third-order valence-electron chi connectivity index (χ3n) is 6.02. The summed E-state index contributed by atoms with van der Waals surface area (Å²) in [6.07, 6.45) is 3.56. The van der Waals surface area contributed by atoms with Crippen LogP contribution in [0.5, 0.6) is 0 Å². The van der Waals surface area contributed by atoms with E-state index < -0.39 is 0 Å². The maximum Gasteiger partial charge on any atom is 0.227 e. The quantitative estimate of drug-likeness (QED) is 0.906. The summed E-state index contributed by atoms with van der Waals surface area (Å²) in [6, 6.07) is 14.6. The summed E-state index contributed by atoms with van der Waals surface area (Å²) in [5, 5.41) is 5.38. The Balaban J connectivity index is 1.50. The van der Waals surface area contributed by atoms with Gasteiger partial charge < -0.3 is 15.1 Å². The van der Waals surface area contributed by atoms with Gasteiger partial charge in [0.2, 0.25) is 11.8 Å². The fourth-order valence-electron chi connectivity index (χ4n) is 4.59. The zero-order valence-electron chi connectivity index (χ0n) is 16.0. The molecule has 3 atom stereocenters. The van der Waals surface area contributed by atoms with Crippen LogP contribution in [0.25, 0.3) is 10.8 Å². The molecule has 1 unspecified atom stereocenters. The van der Waals surface area contributed by atoms with Gasteiger partial charge in [0.15, 0.2) is 0 Å². The molecule has 142 valence electrons. The molecule has 0 bridgehead atoms. The van der Waals surface area contributed by atoms with E-state index in [1.807, 2.05) is 42.5 Å². The largest absolute Gasteiger partial charge is 0.351 e. The molecule has 2 aromatic carbocycles. The molecule has 27 heavy (non-hydrogen) atoms. The van der Waals surface area contributed by atoms with E-state index in [2.05, 4.69) is 24.3 Å². The van der Waals surface area contributed by atoms with E-state index in [9.17, 15) is 9.59 Å². The van der Waals surface area contributed by atoms with Crippen LogP contribution in [0.15, 0.2) is 42.5 Å². The number of fused-ring (bicyclic) bond motifs is 1. The van der Waals surface area contributed by atoms with Crippen molar-refractivity contribution < 1.29 is 9.59 Å². The van der Waals surface area contributed by atoms with Crippen LogP contribution in [0.4, 0.5) is 5.69 Å². The first-order valence-corrected chi connectivity index (χ1v) is 9.79. The summed E-state index contributed by atoms with van der Waals surface area (Å²) in [7, 11) is 4.13. The number of carbonyl (C=O) groups is 2. The molecule has 4 rings (SSSR count). The van der Waals surface area contributed by atoms with E-state index in [4.69, 9.17) is 0 Å². The Labute approximate surface area is 160 Å². The number of benzene rings is 2. The van der Waals surface area contributed by atoms with Crippen LogP contribution < -0.4 is 10.2 Å². The van der Waals surface area contributed by atoms with E-state index in [0.29, 0.717) is 12.6 Å². The van der Waals surface area contributed by atoms with Crippen LogP contribution in [-0.4, -0.2) is 49.4 Å². The molecule has 0 radical (unpaired) electrons. The summed E-state index contributed by atoms with van der Waals surface area (Å²) in [5.41, 5.74) is 0.903. The summed E-state index contributed by atoms with van der Waals surface area (Å²) in [4.78, 5) is 29.5. The van der Waals surface area contributed by atoms with E-state index in [1.165, 1.54) is 0 Å². The Morgan fingerprint density at radius 2 is 1.89 bits per heavy atom. The molecule has 1 N–H and O–H groups in total. The Morgan fingerprint density at radius 1 is 1.11 bits per heavy atom. The van der Waals surface area contributed by atoms with Crippen LogP contribution in [0, 0.1) is 5.92 Å². The van der Waals surface area contributed by atoms with Crippen molar-refractivity contribution in [3.05, 3.63) is 42.5 Å². The minimum Gasteiger partial charge on any atom is -0.351 e. The highest BCUT2D eigenvalue weighted by atomic mass is 16.2. The van der Waals surface area contributed by atoms with Crippen molar-refractivity contribution in [2.24, 2.45) is 5.92 Å². The van der Waals surface area contributed by atoms with Crippen molar-refractivity contribution in [2.75, 3.05) is 25.5 Å². The number of likely N-dealkylation sites (N-methyl/N-ethyl adjacent to an activating group) is 1. The van der Waals surface area contributed by atoms with E-state index >= 15 is 0 Å². The molecule has 5 heteroatoms. The third-order valence-corrected chi connectivity index (χ3v) is 6.02. The lowest BCUT2D eigenvalue weighted by molar-refractivity contribution is -0.127. The van der Waals surface area contributed by atoms with Crippen molar-refractivity contribution >= 4 is 28.3 Å². The molecule has 1 heterocycles. The second-order valence-electron chi connectivity index (χ2n) is 7.98. The highest BCUT2D eigenvalue weighted by molar-refractivity contribution is 6.07. The SMILES string of the molecule is CN(C)[C@@H]1CCC[C@H]1NC(=O)C1CC(=O)N(c2cccc3ccccc23)C1. The third kappa shape index (κ3) is 3.44. The molecule has 1 aliphatic carbocycles. The fourth-order valence-corrected chi connectivity index (χ4v) is 4.59. The second-order valence-corrected chi connectivity index (χ2v) is 7.98. The number of hydrogen-bond acceptors (Lipinski definition) is 3. The van der Waals surface area contributed by atoms with Crippen molar-refractivity contribution in [1.82, 2.24) is 10.2 Å². The predicted molar refractivity (Wildman–Crippen MR) is 108 cm³/mol. The minimum absolute atomic E-state index is 0.0184. The number of nitrogens with zero attached hydrogens (tertiary/aromatic N) is 2. The fraction of sp³-hybridized carbons (Fsp3) is 0.455. The average Bonchev–Trinajstić information content (AvgIpc) is 3.28. The summed E-state index contributed by atoms with van der Waals surface area (Å²) in [6.45, 7) is 0.456. The number of anilines is 1. The molecule has 2 aromatic rings. The molecule has 2 amide bonds. The van der Waals surface area contributed by atoms with Gasteiger partial charge in [-0.25, -0.2) is 0 Å². The summed E-state index contributed by atoms with van der Waals surface area (Å²) in [5.74, 6) is -0.230. The van der Waals surface area contributed by atoms with Gasteiger partial charge >= 0.3 is 0 Å². The smallest absolute Gasteiger partial charge is 0.227 e. The molecule has 0 aromatic heterocycles. The van der Waals surface area contributed by atoms with Gasteiger partial charge in [0.25, 0.3) is 0 Å². The lowest BCUT2D eigenvalue weighted by Crippen LogP contribution is -2.48. The normalized spacial score (nSPS) is 25.5. The van der Waals surface area contributed by atoms with Crippen molar-refractivity contribution in [2.45, 2.75) is 37.8 Å². The summed E-state index contributed by atoms with van der Waals surface area (Å²) >= 11 is 0. The molecule has 1 saturated heterocycles. The Hall–Kier alpha value is -2.40. The van der Waals surface area contributed by atoms with Gasteiger partial charge in [0, 0.05) is 30.4 Å². The van der Waals surface area contributed by atoms with Gasteiger partial charge in [0.05, 0.1) is 11.6 Å². The number of rotatable bonds is 4. The molecule has 1 aliphatic heterocycles. The molecular formula is C22H27N3O2. The van der Waals surface area contributed by atoms with Crippen molar-refractivity contribution in [3.63, 3.8) is 0 Å². The molecule has 0 spiro atoms. The lowest BCUT2D eigenvalue weighted by atomic mass is 10.1. The highest BCUT2D eigenvalue weighted by Gasteiger charge is 2.38. The first-order valence-electron chi connectivity index (χ1n) is 9.79. The van der Waals surface area contributed by atoms with Crippen molar-refractivity contribution in [3.8, 4) is 0 Å². The Bertz CT molecular complexity index is 858. The molecule has 2 aliphatic rings. The van der Waals surface area contributed by atoms with Crippen LogP contribution in [-0.2, 0) is 9.59 Å². The molecule has 2 fully saturated rings. The molecule has 5 nitrogen and oxygen atoms in total. The lowest BCUT2D eigenvalue weighted by Gasteiger charge is -2.27. The van der Waals surface area contributed by atoms with Crippen LogP contribution >= 0.6 is 0 Å². The Morgan fingerprint density at radius 3 is 2.70 bits per heavy atom. The van der Waals surface area contributed by atoms with Gasteiger partial charge in [-0.15, -0.1) is 0 Å². The zero-order valence-corrected chi connectivity index (χ0v) is 16.0. The van der Waals surface area contributed by atoms with Gasteiger partial charge in [0.1, 0.15) is 0 Å². The van der Waals surface area contributed by atoms with E-state index in [-0.39, 0.29) is 30.2 Å². The molecule has 1 saturated carbocycles. The number of nitrogens with one attached hydrogen (secondary N) is 1. The van der Waals surface area contributed by atoms with Gasteiger partial charge in [-0.1, -0.05) is 36.4 Å². The topological polar surface area (TPSA) is 52.7 Å². The van der Waals surface area contributed by atoms with E-state index in [0.717, 1.165) is 35.7 Å². The maximum absolute atomic E-state index is 12.8. The van der Waals surface area contributed by atoms with E-state index in [1.54, 1.807) is 4.90 Å². The maximum atomic E-state index is 12.8.